The minimum absolute atomic E-state index is 0.128. The minimum atomic E-state index is -4.62. The van der Waals surface area contributed by atoms with Gasteiger partial charge in [0.15, 0.2) is 0 Å². The molecule has 9 nitrogen and oxygen atoms in total. The molecule has 0 bridgehead atoms. The molecular formula is C27H29ClF3N5O4. The molecule has 214 valence electrons. The van der Waals surface area contributed by atoms with E-state index in [0.29, 0.717) is 41.8 Å². The monoisotopic (exact) mass is 579 g/mol. The van der Waals surface area contributed by atoms with Gasteiger partial charge in [-0.25, -0.2) is 4.98 Å². The summed E-state index contributed by atoms with van der Waals surface area (Å²) in [5, 5.41) is 15.0. The maximum Gasteiger partial charge on any atom is 0.431 e. The number of carbonyl (C=O) groups excluding carboxylic acids is 1. The van der Waals surface area contributed by atoms with Crippen LogP contribution in [0, 0.1) is 23.2 Å². The number of halogens is 4. The van der Waals surface area contributed by atoms with Crippen LogP contribution >= 0.6 is 11.6 Å². The zero-order valence-electron chi connectivity index (χ0n) is 22.2. The molecule has 4 atom stereocenters. The zero-order chi connectivity index (χ0) is 29.0. The summed E-state index contributed by atoms with van der Waals surface area (Å²) < 4.78 is 56.9. The first-order chi connectivity index (χ1) is 19.0. The summed E-state index contributed by atoms with van der Waals surface area (Å²) >= 11 is 6.38. The number of hydrogen-bond donors (Lipinski definition) is 0. The van der Waals surface area contributed by atoms with Crippen LogP contribution in [0.1, 0.15) is 26.2 Å². The Morgan fingerprint density at radius 3 is 2.60 bits per heavy atom. The number of rotatable bonds is 8. The Balaban J connectivity index is 1.49. The van der Waals surface area contributed by atoms with Gasteiger partial charge in [-0.1, -0.05) is 18.5 Å². The van der Waals surface area contributed by atoms with Crippen LogP contribution in [-0.2, 0) is 9.53 Å². The summed E-state index contributed by atoms with van der Waals surface area (Å²) in [6.45, 7) is 2.54. The van der Waals surface area contributed by atoms with Crippen LogP contribution in [0.5, 0.6) is 11.6 Å². The van der Waals surface area contributed by atoms with Crippen LogP contribution in [0.2, 0.25) is 5.02 Å². The van der Waals surface area contributed by atoms with Gasteiger partial charge in [-0.3, -0.25) is 9.80 Å². The molecular weight excluding hydrogens is 551 g/mol. The van der Waals surface area contributed by atoms with Crippen LogP contribution in [0.25, 0.3) is 0 Å². The summed E-state index contributed by atoms with van der Waals surface area (Å²) in [5.74, 6) is -0.841. The number of anilines is 2. The fourth-order valence-corrected chi connectivity index (χ4v) is 5.29. The van der Waals surface area contributed by atoms with Gasteiger partial charge in [-0.2, -0.15) is 23.5 Å². The zero-order valence-corrected chi connectivity index (χ0v) is 22.9. The smallest absolute Gasteiger partial charge is 0.431 e. The molecule has 1 fully saturated rings. The number of hydrogen-bond acceptors (Lipinski definition) is 9. The third-order valence-corrected chi connectivity index (χ3v) is 7.49. The van der Waals surface area contributed by atoms with E-state index in [1.165, 1.54) is 32.3 Å². The number of hydrazone groups is 1. The second kappa shape index (κ2) is 12.2. The van der Waals surface area contributed by atoms with E-state index in [-0.39, 0.29) is 24.9 Å². The number of aromatic nitrogens is 1. The van der Waals surface area contributed by atoms with Crippen molar-refractivity contribution in [3.8, 4) is 17.7 Å². The van der Waals surface area contributed by atoms with E-state index in [4.69, 9.17) is 25.8 Å². The molecule has 1 saturated heterocycles. The van der Waals surface area contributed by atoms with Crippen LogP contribution in [-0.4, -0.2) is 62.3 Å². The van der Waals surface area contributed by atoms with Crippen molar-refractivity contribution in [1.29, 1.82) is 5.26 Å². The number of alkyl halides is 3. The molecule has 1 aromatic heterocycles. The van der Waals surface area contributed by atoms with Gasteiger partial charge in [0.05, 0.1) is 55.3 Å². The first-order valence-corrected chi connectivity index (χ1v) is 13.0. The predicted octanol–water partition coefficient (Wildman–Crippen LogP) is 5.24. The van der Waals surface area contributed by atoms with E-state index in [2.05, 4.69) is 21.1 Å². The fraction of sp³-hybridized carbons (Fsp3) is 0.481. The summed E-state index contributed by atoms with van der Waals surface area (Å²) in [7, 11) is 2.71. The Morgan fingerprint density at radius 1 is 1.25 bits per heavy atom. The lowest BCUT2D eigenvalue weighted by Crippen LogP contribution is -2.45. The van der Waals surface area contributed by atoms with Crippen molar-refractivity contribution in [3.05, 3.63) is 41.6 Å². The average molecular weight is 580 g/mol. The lowest BCUT2D eigenvalue weighted by molar-refractivity contribution is -0.141. The van der Waals surface area contributed by atoms with Crippen molar-refractivity contribution in [2.75, 3.05) is 37.2 Å². The number of nitrogens with zero attached hydrogens (tertiary/aromatic N) is 5. The van der Waals surface area contributed by atoms with Gasteiger partial charge < -0.3 is 19.1 Å². The minimum Gasteiger partial charge on any atom is -0.490 e. The molecule has 2 aliphatic heterocycles. The van der Waals surface area contributed by atoms with Gasteiger partial charge >= 0.3 is 12.1 Å². The van der Waals surface area contributed by atoms with Crippen LogP contribution in [0.4, 0.5) is 24.5 Å². The van der Waals surface area contributed by atoms with Gasteiger partial charge in [0, 0.05) is 43.8 Å². The van der Waals surface area contributed by atoms with E-state index in [9.17, 15) is 23.2 Å². The van der Waals surface area contributed by atoms with Crippen molar-refractivity contribution in [1.82, 2.24) is 4.98 Å². The molecule has 40 heavy (non-hydrogen) atoms. The Bertz CT molecular complexity index is 1280. The summed E-state index contributed by atoms with van der Waals surface area (Å²) in [6, 6.07) is 9.64. The molecule has 0 saturated carbocycles. The highest BCUT2D eigenvalue weighted by Crippen LogP contribution is 2.38. The van der Waals surface area contributed by atoms with Gasteiger partial charge in [-0.15, -0.1) is 0 Å². The molecule has 3 heterocycles. The molecule has 0 aliphatic carbocycles. The topological polar surface area (TPSA) is 100 Å². The Kier molecular flexibility index (Phi) is 8.93. The van der Waals surface area contributed by atoms with Gasteiger partial charge in [0.2, 0.25) is 5.88 Å². The molecule has 2 aromatic rings. The molecule has 1 aromatic carbocycles. The van der Waals surface area contributed by atoms with Crippen LogP contribution in [0.3, 0.4) is 0 Å². The third-order valence-electron chi connectivity index (χ3n) is 7.20. The van der Waals surface area contributed by atoms with Crippen molar-refractivity contribution >= 4 is 34.7 Å². The molecule has 2 aliphatic rings. The number of benzene rings is 1. The highest BCUT2D eigenvalue weighted by molar-refractivity contribution is 6.33. The molecule has 0 spiro atoms. The van der Waals surface area contributed by atoms with E-state index < -0.39 is 29.8 Å². The Labute approximate surface area is 235 Å². The molecule has 0 amide bonds. The molecule has 4 rings (SSSR count). The molecule has 13 heteroatoms. The number of ether oxygens (including phenoxy) is 3. The van der Waals surface area contributed by atoms with Crippen molar-refractivity contribution < 1.29 is 32.2 Å². The highest BCUT2D eigenvalue weighted by atomic mass is 35.5. The van der Waals surface area contributed by atoms with Gasteiger partial charge in [-0.05, 0) is 24.3 Å². The second-order valence-corrected chi connectivity index (χ2v) is 10.1. The third kappa shape index (κ3) is 6.36. The normalized spacial score (nSPS) is 22.9. The van der Waals surface area contributed by atoms with Gasteiger partial charge in [0.25, 0.3) is 0 Å². The number of esters is 1. The quantitative estimate of drug-likeness (QED) is 0.392. The molecule has 0 radical (unpaired) electrons. The lowest BCUT2D eigenvalue weighted by atomic mass is 9.91. The number of carbonyl (C=O) groups is 1. The van der Waals surface area contributed by atoms with E-state index >= 15 is 0 Å². The standard InChI is InChI=1S/C27H29ClF3N5O4/c1-16-21(13-25(37)39-3)36(34-26(16)27(29,30)31)18-4-6-19(7-5-18)40-23-9-11-35(15-17(23)8-10-32)22-12-24(38-2)33-14-20(22)28/h4-7,12,14,16-17,21,23H,8-9,11,13,15H2,1-3H3/t16-,17+,21-,23+/m0/s1. The SMILES string of the molecule is COC(=O)C[C@H]1[C@H](C)C(C(F)(F)F)=NN1c1ccc(O[C@@H]2CCN(c3cc(OC)ncc3Cl)C[C@H]2CC#N)cc1. The van der Waals surface area contributed by atoms with E-state index in [1.54, 1.807) is 30.3 Å². The van der Waals surface area contributed by atoms with Crippen molar-refractivity contribution in [2.24, 2.45) is 16.9 Å². The van der Waals surface area contributed by atoms with E-state index in [0.717, 1.165) is 5.69 Å². The van der Waals surface area contributed by atoms with Crippen molar-refractivity contribution in [2.45, 2.75) is 44.5 Å². The maximum absolute atomic E-state index is 13.6. The predicted molar refractivity (Wildman–Crippen MR) is 143 cm³/mol. The Hall–Kier alpha value is -3.72. The summed E-state index contributed by atoms with van der Waals surface area (Å²) in [4.78, 5) is 18.1. The second-order valence-electron chi connectivity index (χ2n) is 9.65. The first-order valence-electron chi connectivity index (χ1n) is 12.7. The maximum atomic E-state index is 13.6. The summed E-state index contributed by atoms with van der Waals surface area (Å²) in [6.07, 6.45) is -2.74. The summed E-state index contributed by atoms with van der Waals surface area (Å²) in [5.41, 5.74) is 0.205. The van der Waals surface area contributed by atoms with E-state index in [1.807, 2.05) is 0 Å². The van der Waals surface area contributed by atoms with Crippen LogP contribution < -0.4 is 19.4 Å². The number of nitriles is 1. The Morgan fingerprint density at radius 2 is 1.98 bits per heavy atom. The average Bonchev–Trinajstić information content (AvgIpc) is 3.26. The number of pyridine rings is 1. The van der Waals surface area contributed by atoms with Crippen LogP contribution in [0.15, 0.2) is 41.6 Å². The molecule has 0 unspecified atom stereocenters. The lowest BCUT2D eigenvalue weighted by Gasteiger charge is -2.39. The highest BCUT2D eigenvalue weighted by Gasteiger charge is 2.49. The van der Waals surface area contributed by atoms with Crippen molar-refractivity contribution in [3.63, 3.8) is 0 Å². The largest absolute Gasteiger partial charge is 0.490 e. The van der Waals surface area contributed by atoms with Gasteiger partial charge in [0.1, 0.15) is 17.6 Å². The number of piperidine rings is 1. The fourth-order valence-electron chi connectivity index (χ4n) is 5.07. The molecule has 0 N–H and O–H groups in total. The number of methoxy groups -OCH3 is 2. The first kappa shape index (κ1) is 29.3.